The average molecular weight is 213 g/mol. The van der Waals surface area contributed by atoms with E-state index in [4.69, 9.17) is 4.74 Å². The lowest BCUT2D eigenvalue weighted by molar-refractivity contribution is 0.321. The van der Waals surface area contributed by atoms with Crippen molar-refractivity contribution in [2.24, 2.45) is 0 Å². The summed E-state index contributed by atoms with van der Waals surface area (Å²) < 4.78 is 18.6. The highest BCUT2D eigenvalue weighted by Crippen LogP contribution is 2.10. The van der Waals surface area contributed by atoms with Gasteiger partial charge in [-0.05, 0) is 12.1 Å². The predicted octanol–water partition coefficient (Wildman–Crippen LogP) is 2.16. The first-order valence-corrected chi connectivity index (χ1v) is 8.25. The van der Waals surface area contributed by atoms with Crippen LogP contribution in [0.3, 0.4) is 0 Å². The highest BCUT2D eigenvalue weighted by Gasteiger charge is 2.21. The largest absolute Gasteiger partial charge is 0.478 e. The van der Waals surface area contributed by atoms with Crippen LogP contribution in [0.1, 0.15) is 6.92 Å². The first kappa shape index (κ1) is 11.2. The van der Waals surface area contributed by atoms with Crippen molar-refractivity contribution in [2.75, 3.05) is 6.61 Å². The Morgan fingerprint density at radius 1 is 1.36 bits per heavy atom. The van der Waals surface area contributed by atoms with Gasteiger partial charge in [0, 0.05) is 6.07 Å². The zero-order chi connectivity index (χ0) is 10.8. The fourth-order valence-electron chi connectivity index (χ4n) is 1.21. The van der Waals surface area contributed by atoms with E-state index in [1.165, 1.54) is 0 Å². The minimum Gasteiger partial charge on any atom is -0.478 e. The molecule has 0 aliphatic rings. The second-order valence-electron chi connectivity index (χ2n) is 4.17. The quantitative estimate of drug-likeness (QED) is 0.567. The molecule has 1 rings (SSSR count). The van der Waals surface area contributed by atoms with Crippen LogP contribution in [-0.2, 0) is 0 Å². The number of rotatable bonds is 3. The third-order valence-corrected chi connectivity index (χ3v) is 3.91. The first-order chi connectivity index (χ1) is 6.45. The van der Waals surface area contributed by atoms with Crippen molar-refractivity contribution >= 4 is 13.3 Å². The van der Waals surface area contributed by atoms with E-state index in [0.717, 1.165) is 5.19 Å². The van der Waals surface area contributed by atoms with Crippen LogP contribution in [-0.4, -0.2) is 19.7 Å². The summed E-state index contributed by atoms with van der Waals surface area (Å²) in [4.78, 5) is 3.78. The molecule has 1 aromatic rings. The number of nitrogens with zero attached hydrogens (tertiary/aromatic N) is 1. The molecule has 0 amide bonds. The second kappa shape index (κ2) is 4.08. The molecule has 0 aromatic carbocycles. The van der Waals surface area contributed by atoms with E-state index in [9.17, 15) is 4.39 Å². The maximum atomic E-state index is 13.5. The Morgan fingerprint density at radius 2 is 2.00 bits per heavy atom. The van der Waals surface area contributed by atoms with Crippen LogP contribution >= 0.6 is 0 Å². The van der Waals surface area contributed by atoms with E-state index in [1.807, 2.05) is 6.92 Å². The van der Waals surface area contributed by atoms with Crippen molar-refractivity contribution in [1.82, 2.24) is 4.98 Å². The smallest absolute Gasteiger partial charge is 0.215 e. The van der Waals surface area contributed by atoms with Crippen LogP contribution in [0.15, 0.2) is 12.1 Å². The molecule has 0 saturated heterocycles. The summed E-state index contributed by atoms with van der Waals surface area (Å²) in [7, 11) is -1.62. The number of pyridine rings is 1. The lowest BCUT2D eigenvalue weighted by Crippen LogP contribution is -2.40. The van der Waals surface area contributed by atoms with Crippen molar-refractivity contribution in [3.8, 4) is 5.88 Å². The van der Waals surface area contributed by atoms with Crippen LogP contribution in [0, 0.1) is 5.95 Å². The summed E-state index contributed by atoms with van der Waals surface area (Å²) in [5.41, 5.74) is 0. The molecule has 1 aromatic heterocycles. The molecule has 2 nitrogen and oxygen atoms in total. The monoisotopic (exact) mass is 213 g/mol. The fourth-order valence-corrected chi connectivity index (χ4v) is 2.46. The fraction of sp³-hybridized carbons (Fsp3) is 0.500. The van der Waals surface area contributed by atoms with Crippen molar-refractivity contribution < 1.29 is 9.13 Å². The van der Waals surface area contributed by atoms with E-state index in [2.05, 4.69) is 24.6 Å². The minimum absolute atomic E-state index is 0.368. The van der Waals surface area contributed by atoms with Crippen LogP contribution < -0.4 is 9.92 Å². The summed E-state index contributed by atoms with van der Waals surface area (Å²) >= 11 is 0. The van der Waals surface area contributed by atoms with E-state index >= 15 is 0 Å². The molecule has 0 spiro atoms. The molecule has 14 heavy (non-hydrogen) atoms. The molecule has 78 valence electrons. The second-order valence-corrected chi connectivity index (χ2v) is 9.21. The molecular weight excluding hydrogens is 197 g/mol. The Morgan fingerprint density at radius 3 is 2.43 bits per heavy atom. The Hall–Kier alpha value is -0.903. The average Bonchev–Trinajstić information content (AvgIpc) is 2.02. The van der Waals surface area contributed by atoms with Gasteiger partial charge >= 0.3 is 0 Å². The molecule has 4 heteroatoms. The highest BCUT2D eigenvalue weighted by molar-refractivity contribution is 6.88. The molecule has 0 aliphatic heterocycles. The maximum absolute atomic E-state index is 13.5. The summed E-state index contributed by atoms with van der Waals surface area (Å²) in [6.07, 6.45) is 0. The van der Waals surface area contributed by atoms with Gasteiger partial charge in [-0.25, -0.2) is 0 Å². The van der Waals surface area contributed by atoms with Gasteiger partial charge in [-0.1, -0.05) is 25.7 Å². The van der Waals surface area contributed by atoms with Crippen molar-refractivity contribution in [3.05, 3.63) is 18.1 Å². The van der Waals surface area contributed by atoms with Crippen LogP contribution in [0.2, 0.25) is 19.6 Å². The maximum Gasteiger partial charge on any atom is 0.215 e. The normalized spacial score (nSPS) is 11.5. The number of hydrogen-bond acceptors (Lipinski definition) is 2. The van der Waals surface area contributed by atoms with Gasteiger partial charge in [0.1, 0.15) is 0 Å². The molecular formula is C10H16FNOSi. The minimum atomic E-state index is -1.62. The molecule has 0 radical (unpaired) electrons. The van der Waals surface area contributed by atoms with Gasteiger partial charge in [-0.2, -0.15) is 9.37 Å². The van der Waals surface area contributed by atoms with Gasteiger partial charge < -0.3 is 4.74 Å². The van der Waals surface area contributed by atoms with Crippen molar-refractivity contribution in [2.45, 2.75) is 26.6 Å². The van der Waals surface area contributed by atoms with Gasteiger partial charge in [-0.15, -0.1) is 0 Å². The number of ether oxygens (including phenoxy) is 1. The van der Waals surface area contributed by atoms with E-state index in [1.54, 1.807) is 12.1 Å². The Bertz CT molecular complexity index is 322. The standard InChI is InChI=1S/C10H16FNOSi/c1-5-13-9-7-6-8(10(11)12-9)14(2,3)4/h6-7H,5H2,1-4H3. The molecule has 0 atom stereocenters. The lowest BCUT2D eigenvalue weighted by atomic mass is 10.5. The first-order valence-electron chi connectivity index (χ1n) is 4.75. The number of aromatic nitrogens is 1. The van der Waals surface area contributed by atoms with Gasteiger partial charge in [0.25, 0.3) is 0 Å². The molecule has 0 bridgehead atoms. The third kappa shape index (κ3) is 2.54. The zero-order valence-corrected chi connectivity index (χ0v) is 10.1. The van der Waals surface area contributed by atoms with E-state index < -0.39 is 8.07 Å². The van der Waals surface area contributed by atoms with Crippen molar-refractivity contribution in [3.63, 3.8) is 0 Å². The lowest BCUT2D eigenvalue weighted by Gasteiger charge is -2.16. The molecule has 0 saturated carbocycles. The van der Waals surface area contributed by atoms with Crippen molar-refractivity contribution in [1.29, 1.82) is 0 Å². The Labute approximate surface area is 85.1 Å². The number of halogens is 1. The summed E-state index contributed by atoms with van der Waals surface area (Å²) in [5, 5.41) is 0.751. The van der Waals surface area contributed by atoms with Crippen LogP contribution in [0.4, 0.5) is 4.39 Å². The Balaban J connectivity index is 3.02. The molecule has 0 N–H and O–H groups in total. The molecule has 0 aliphatic carbocycles. The number of hydrogen-bond donors (Lipinski definition) is 0. The predicted molar refractivity (Wildman–Crippen MR) is 58.3 cm³/mol. The molecule has 1 heterocycles. The summed E-state index contributed by atoms with van der Waals surface area (Å²) in [5.74, 6) is -0.0119. The Kier molecular flexibility index (Phi) is 3.26. The van der Waals surface area contributed by atoms with Gasteiger partial charge in [-0.3, -0.25) is 0 Å². The highest BCUT2D eigenvalue weighted by atomic mass is 28.3. The van der Waals surface area contributed by atoms with Gasteiger partial charge in [0.05, 0.1) is 14.7 Å². The van der Waals surface area contributed by atoms with Gasteiger partial charge in [0.2, 0.25) is 11.8 Å². The van der Waals surface area contributed by atoms with Crippen LogP contribution in [0.25, 0.3) is 0 Å². The van der Waals surface area contributed by atoms with Gasteiger partial charge in [0.15, 0.2) is 0 Å². The van der Waals surface area contributed by atoms with E-state index in [0.29, 0.717) is 12.5 Å². The summed E-state index contributed by atoms with van der Waals surface area (Å²) in [6, 6.07) is 3.53. The molecule has 0 fully saturated rings. The zero-order valence-electron chi connectivity index (χ0n) is 9.10. The summed E-state index contributed by atoms with van der Waals surface area (Å²) in [6.45, 7) is 8.64. The van der Waals surface area contributed by atoms with Crippen LogP contribution in [0.5, 0.6) is 5.88 Å². The molecule has 0 unspecified atom stereocenters. The SMILES string of the molecule is CCOc1ccc([Si](C)(C)C)c(F)n1. The van der Waals surface area contributed by atoms with E-state index in [-0.39, 0.29) is 5.95 Å². The topological polar surface area (TPSA) is 22.1 Å². The third-order valence-electron chi connectivity index (χ3n) is 1.92.